The number of anilines is 1. The zero-order valence-electron chi connectivity index (χ0n) is 12.3. The molecule has 1 aliphatic heterocycles. The molecule has 4 heteroatoms. The van der Waals surface area contributed by atoms with Crippen molar-refractivity contribution < 1.29 is 9.47 Å². The van der Waals surface area contributed by atoms with E-state index in [0.717, 1.165) is 35.4 Å². The number of hydrogen-bond donors (Lipinski definition) is 1. The second-order valence-corrected chi connectivity index (χ2v) is 5.81. The van der Waals surface area contributed by atoms with Crippen LogP contribution >= 0.6 is 0 Å². The van der Waals surface area contributed by atoms with Gasteiger partial charge in [0.15, 0.2) is 11.5 Å². The minimum absolute atomic E-state index is 0.613. The van der Waals surface area contributed by atoms with Gasteiger partial charge in [-0.15, -0.1) is 0 Å². The molecule has 2 heterocycles. The monoisotopic (exact) mass is 284 g/mol. The lowest BCUT2D eigenvalue weighted by molar-refractivity contribution is 0.172. The first-order chi connectivity index (χ1) is 10.3. The molecular formula is C17H20N2O2. The van der Waals surface area contributed by atoms with E-state index in [-0.39, 0.29) is 0 Å². The van der Waals surface area contributed by atoms with Crippen molar-refractivity contribution in [3.63, 3.8) is 0 Å². The van der Waals surface area contributed by atoms with Crippen LogP contribution in [0.1, 0.15) is 37.8 Å². The highest BCUT2D eigenvalue weighted by atomic mass is 16.6. The maximum absolute atomic E-state index is 5.70. The van der Waals surface area contributed by atoms with Crippen molar-refractivity contribution in [2.75, 3.05) is 25.1 Å². The molecule has 1 aromatic carbocycles. The summed E-state index contributed by atoms with van der Waals surface area (Å²) in [7, 11) is 0. The van der Waals surface area contributed by atoms with Crippen molar-refractivity contribution in [2.24, 2.45) is 0 Å². The molecule has 0 atom stereocenters. The van der Waals surface area contributed by atoms with E-state index in [1.807, 2.05) is 6.07 Å². The number of pyridine rings is 1. The molecule has 0 bridgehead atoms. The van der Waals surface area contributed by atoms with E-state index >= 15 is 0 Å². The molecule has 1 aromatic heterocycles. The van der Waals surface area contributed by atoms with Crippen molar-refractivity contribution in [1.29, 1.82) is 0 Å². The molecule has 2 aromatic rings. The Morgan fingerprint density at radius 3 is 2.62 bits per heavy atom. The van der Waals surface area contributed by atoms with Crippen molar-refractivity contribution in [3.8, 4) is 11.5 Å². The first-order valence-electron chi connectivity index (χ1n) is 7.83. The Labute approximate surface area is 124 Å². The zero-order chi connectivity index (χ0) is 14.2. The molecule has 4 rings (SSSR count). The van der Waals surface area contributed by atoms with Gasteiger partial charge >= 0.3 is 0 Å². The number of ether oxygens (including phenoxy) is 2. The Balaban J connectivity index is 1.85. The van der Waals surface area contributed by atoms with E-state index in [1.54, 1.807) is 0 Å². The van der Waals surface area contributed by atoms with Gasteiger partial charge < -0.3 is 14.8 Å². The quantitative estimate of drug-likeness (QED) is 0.929. The van der Waals surface area contributed by atoms with Crippen LogP contribution in [0, 0.1) is 0 Å². The molecule has 0 radical (unpaired) electrons. The van der Waals surface area contributed by atoms with E-state index in [4.69, 9.17) is 14.5 Å². The number of benzene rings is 1. The third-order valence-electron chi connectivity index (χ3n) is 4.05. The minimum Gasteiger partial charge on any atom is -0.486 e. The summed E-state index contributed by atoms with van der Waals surface area (Å²) in [4.78, 5) is 4.84. The van der Waals surface area contributed by atoms with Crippen LogP contribution in [-0.2, 0) is 0 Å². The number of hydrogen-bond acceptors (Lipinski definition) is 4. The summed E-state index contributed by atoms with van der Waals surface area (Å²) in [6.07, 6.45) is 3.62. The van der Waals surface area contributed by atoms with Crippen LogP contribution in [0.5, 0.6) is 11.5 Å². The highest BCUT2D eigenvalue weighted by Crippen LogP contribution is 2.43. The fourth-order valence-electron chi connectivity index (χ4n) is 2.78. The molecule has 0 saturated heterocycles. The standard InChI is InChI=1S/C17H20N2O2/c1-2-5-18-14-9-13(11-3-4-11)19-15-10-17-16(8-12(14)15)20-6-7-21-17/h8-11H,2-7H2,1H3,(H,18,19). The minimum atomic E-state index is 0.613. The Morgan fingerprint density at radius 2 is 1.90 bits per heavy atom. The van der Waals surface area contributed by atoms with Crippen LogP contribution in [-0.4, -0.2) is 24.7 Å². The normalized spacial score (nSPS) is 17.0. The van der Waals surface area contributed by atoms with Gasteiger partial charge in [0, 0.05) is 35.3 Å². The summed E-state index contributed by atoms with van der Waals surface area (Å²) in [6, 6.07) is 6.30. The van der Waals surface area contributed by atoms with E-state index in [1.165, 1.54) is 24.2 Å². The van der Waals surface area contributed by atoms with E-state index in [0.29, 0.717) is 19.1 Å². The van der Waals surface area contributed by atoms with Gasteiger partial charge in [0.1, 0.15) is 13.2 Å². The summed E-state index contributed by atoms with van der Waals surface area (Å²) in [5.74, 6) is 2.29. The lowest BCUT2D eigenvalue weighted by Gasteiger charge is -2.20. The van der Waals surface area contributed by atoms with Gasteiger partial charge in [-0.05, 0) is 31.4 Å². The molecule has 0 spiro atoms. The van der Waals surface area contributed by atoms with Crippen LogP contribution in [0.3, 0.4) is 0 Å². The van der Waals surface area contributed by atoms with Gasteiger partial charge in [-0.25, -0.2) is 0 Å². The van der Waals surface area contributed by atoms with Crippen molar-refractivity contribution >= 4 is 16.6 Å². The SMILES string of the molecule is CCCNc1cc(C2CC2)nc2cc3c(cc12)OCCO3. The first kappa shape index (κ1) is 12.7. The Bertz CT molecular complexity index is 680. The average molecular weight is 284 g/mol. The Hall–Kier alpha value is -1.97. The van der Waals surface area contributed by atoms with Crippen LogP contribution in [0.15, 0.2) is 18.2 Å². The molecule has 4 nitrogen and oxygen atoms in total. The van der Waals surface area contributed by atoms with Gasteiger partial charge in [-0.1, -0.05) is 6.92 Å². The summed E-state index contributed by atoms with van der Waals surface area (Å²) >= 11 is 0. The lowest BCUT2D eigenvalue weighted by atomic mass is 10.1. The molecular weight excluding hydrogens is 264 g/mol. The molecule has 1 aliphatic carbocycles. The second-order valence-electron chi connectivity index (χ2n) is 5.81. The lowest BCUT2D eigenvalue weighted by Crippen LogP contribution is -2.15. The largest absolute Gasteiger partial charge is 0.486 e. The molecule has 1 saturated carbocycles. The van der Waals surface area contributed by atoms with Crippen molar-refractivity contribution in [2.45, 2.75) is 32.1 Å². The predicted molar refractivity (Wildman–Crippen MR) is 83.5 cm³/mol. The number of aromatic nitrogens is 1. The fraction of sp³-hybridized carbons (Fsp3) is 0.471. The van der Waals surface area contributed by atoms with Gasteiger partial charge in [0.2, 0.25) is 0 Å². The topological polar surface area (TPSA) is 43.4 Å². The third kappa shape index (κ3) is 2.39. The summed E-state index contributed by atoms with van der Waals surface area (Å²) in [5.41, 5.74) is 3.38. The number of nitrogens with zero attached hydrogens (tertiary/aromatic N) is 1. The number of rotatable bonds is 4. The highest BCUT2D eigenvalue weighted by Gasteiger charge is 2.26. The molecule has 0 unspecified atom stereocenters. The summed E-state index contributed by atoms with van der Waals surface area (Å²) in [5, 5.41) is 4.65. The second kappa shape index (κ2) is 5.10. The fourth-order valence-corrected chi connectivity index (χ4v) is 2.78. The maximum atomic E-state index is 5.70. The van der Waals surface area contributed by atoms with Crippen LogP contribution < -0.4 is 14.8 Å². The molecule has 0 amide bonds. The van der Waals surface area contributed by atoms with E-state index in [2.05, 4.69) is 24.4 Å². The smallest absolute Gasteiger partial charge is 0.163 e. The maximum Gasteiger partial charge on any atom is 0.163 e. The summed E-state index contributed by atoms with van der Waals surface area (Å²) in [6.45, 7) is 4.38. The highest BCUT2D eigenvalue weighted by molar-refractivity contribution is 5.94. The van der Waals surface area contributed by atoms with Crippen LogP contribution in [0.4, 0.5) is 5.69 Å². The Morgan fingerprint density at radius 1 is 1.14 bits per heavy atom. The average Bonchev–Trinajstić information content (AvgIpc) is 3.35. The van der Waals surface area contributed by atoms with Crippen LogP contribution in [0.25, 0.3) is 10.9 Å². The predicted octanol–water partition coefficient (Wildman–Crippen LogP) is 3.71. The van der Waals surface area contributed by atoms with Crippen molar-refractivity contribution in [3.05, 3.63) is 23.9 Å². The third-order valence-corrected chi connectivity index (χ3v) is 4.05. The van der Waals surface area contributed by atoms with Crippen LogP contribution in [0.2, 0.25) is 0 Å². The van der Waals surface area contributed by atoms with Gasteiger partial charge in [-0.3, -0.25) is 4.98 Å². The summed E-state index contributed by atoms with van der Waals surface area (Å²) < 4.78 is 11.4. The molecule has 21 heavy (non-hydrogen) atoms. The number of nitrogens with one attached hydrogen (secondary N) is 1. The van der Waals surface area contributed by atoms with Gasteiger partial charge in [0.25, 0.3) is 0 Å². The molecule has 110 valence electrons. The molecule has 2 aliphatic rings. The Kier molecular flexibility index (Phi) is 3.09. The van der Waals surface area contributed by atoms with E-state index in [9.17, 15) is 0 Å². The van der Waals surface area contributed by atoms with Crippen molar-refractivity contribution in [1.82, 2.24) is 4.98 Å². The number of fused-ring (bicyclic) bond motifs is 2. The molecule has 1 fully saturated rings. The van der Waals surface area contributed by atoms with E-state index < -0.39 is 0 Å². The zero-order valence-corrected chi connectivity index (χ0v) is 12.3. The first-order valence-corrected chi connectivity index (χ1v) is 7.83. The van der Waals surface area contributed by atoms with Gasteiger partial charge in [-0.2, -0.15) is 0 Å². The van der Waals surface area contributed by atoms with Gasteiger partial charge in [0.05, 0.1) is 5.52 Å². The molecule has 1 N–H and O–H groups in total.